The van der Waals surface area contributed by atoms with Crippen molar-refractivity contribution in [3.05, 3.63) is 59.2 Å². The number of carbonyl (C=O) groups is 2. The summed E-state index contributed by atoms with van der Waals surface area (Å²) in [7, 11) is 0. The van der Waals surface area contributed by atoms with Crippen molar-refractivity contribution in [1.29, 1.82) is 0 Å². The molecule has 0 fully saturated rings. The molecule has 0 aromatic heterocycles. The zero-order chi connectivity index (χ0) is 19.5. The van der Waals surface area contributed by atoms with E-state index in [4.69, 9.17) is 4.74 Å². The molecule has 2 N–H and O–H groups in total. The van der Waals surface area contributed by atoms with Crippen molar-refractivity contribution in [1.82, 2.24) is 10.2 Å². The van der Waals surface area contributed by atoms with Gasteiger partial charge in [0.15, 0.2) is 0 Å². The van der Waals surface area contributed by atoms with Crippen LogP contribution < -0.4 is 15.4 Å². The summed E-state index contributed by atoms with van der Waals surface area (Å²) in [6, 6.07) is 13.9. The Kier molecular flexibility index (Phi) is 5.19. The number of rotatable bonds is 3. The Balaban J connectivity index is 1.34. The number of anilines is 1. The number of hydrogen-bond acceptors (Lipinski definition) is 3. The van der Waals surface area contributed by atoms with Crippen LogP contribution in [-0.4, -0.2) is 36.5 Å². The molecular formula is C22H25N3O3. The quantitative estimate of drug-likeness (QED) is 0.861. The van der Waals surface area contributed by atoms with Gasteiger partial charge in [-0.2, -0.15) is 0 Å². The van der Waals surface area contributed by atoms with E-state index in [0.29, 0.717) is 26.2 Å². The van der Waals surface area contributed by atoms with E-state index in [9.17, 15) is 9.59 Å². The molecule has 4 rings (SSSR count). The third kappa shape index (κ3) is 3.96. The van der Waals surface area contributed by atoms with Crippen LogP contribution in [0.15, 0.2) is 42.5 Å². The minimum Gasteiger partial charge on any atom is -0.493 e. The summed E-state index contributed by atoms with van der Waals surface area (Å²) in [6.45, 7) is 3.93. The van der Waals surface area contributed by atoms with Gasteiger partial charge in [0.1, 0.15) is 5.75 Å². The molecule has 1 atom stereocenters. The Morgan fingerprint density at radius 1 is 1.14 bits per heavy atom. The number of fused-ring (bicyclic) bond motifs is 2. The molecule has 2 aliphatic heterocycles. The van der Waals surface area contributed by atoms with Crippen molar-refractivity contribution in [2.75, 3.05) is 25.0 Å². The highest BCUT2D eigenvalue weighted by molar-refractivity contribution is 5.90. The second-order valence-corrected chi connectivity index (χ2v) is 7.47. The molecule has 2 heterocycles. The Morgan fingerprint density at radius 3 is 2.82 bits per heavy atom. The van der Waals surface area contributed by atoms with Gasteiger partial charge in [-0.3, -0.25) is 4.79 Å². The van der Waals surface area contributed by atoms with Crippen LogP contribution >= 0.6 is 0 Å². The monoisotopic (exact) mass is 379 g/mol. The smallest absolute Gasteiger partial charge is 0.317 e. The number of benzene rings is 2. The van der Waals surface area contributed by atoms with E-state index < -0.39 is 0 Å². The van der Waals surface area contributed by atoms with E-state index in [1.165, 1.54) is 12.5 Å². The Labute approximate surface area is 164 Å². The molecule has 1 unspecified atom stereocenters. The summed E-state index contributed by atoms with van der Waals surface area (Å²) in [5, 5.41) is 5.95. The molecule has 0 radical (unpaired) electrons. The fraction of sp³-hybridized carbons (Fsp3) is 0.364. The summed E-state index contributed by atoms with van der Waals surface area (Å²) < 4.78 is 5.81. The fourth-order valence-electron chi connectivity index (χ4n) is 3.95. The molecule has 146 valence electrons. The Morgan fingerprint density at radius 2 is 1.96 bits per heavy atom. The predicted octanol–water partition coefficient (Wildman–Crippen LogP) is 2.96. The molecule has 2 aromatic rings. The molecule has 6 nitrogen and oxygen atoms in total. The van der Waals surface area contributed by atoms with Crippen LogP contribution in [0.25, 0.3) is 0 Å². The van der Waals surface area contributed by atoms with Gasteiger partial charge in [-0.05, 0) is 41.7 Å². The van der Waals surface area contributed by atoms with Crippen LogP contribution in [0.3, 0.4) is 0 Å². The number of nitrogens with zero attached hydrogens (tertiary/aromatic N) is 1. The number of urea groups is 1. The minimum absolute atomic E-state index is 0.0468. The Hall–Kier alpha value is -3.02. The average molecular weight is 379 g/mol. The lowest BCUT2D eigenvalue weighted by molar-refractivity contribution is -0.114. The van der Waals surface area contributed by atoms with E-state index in [-0.39, 0.29) is 17.9 Å². The lowest BCUT2D eigenvalue weighted by atomic mass is 9.96. The number of amides is 3. The second-order valence-electron chi connectivity index (χ2n) is 7.47. The largest absolute Gasteiger partial charge is 0.493 e. The summed E-state index contributed by atoms with van der Waals surface area (Å²) >= 11 is 0. The third-order valence-corrected chi connectivity index (χ3v) is 5.36. The van der Waals surface area contributed by atoms with Gasteiger partial charge >= 0.3 is 6.03 Å². The SMILES string of the molecule is CC(=O)Nc1cccc2c1CCN(C(=O)NCC1COc3ccccc3C1)C2. The van der Waals surface area contributed by atoms with Crippen molar-refractivity contribution in [2.45, 2.75) is 26.3 Å². The van der Waals surface area contributed by atoms with Crippen molar-refractivity contribution in [3.63, 3.8) is 0 Å². The molecule has 0 saturated carbocycles. The normalized spacial score (nSPS) is 17.8. The molecule has 6 heteroatoms. The van der Waals surface area contributed by atoms with Gasteiger partial charge in [0.2, 0.25) is 5.91 Å². The highest BCUT2D eigenvalue weighted by Crippen LogP contribution is 2.28. The van der Waals surface area contributed by atoms with Gasteiger partial charge in [0.05, 0.1) is 6.61 Å². The third-order valence-electron chi connectivity index (χ3n) is 5.36. The molecule has 0 saturated heterocycles. The summed E-state index contributed by atoms with van der Waals surface area (Å²) in [5.41, 5.74) is 4.26. The summed E-state index contributed by atoms with van der Waals surface area (Å²) in [6.07, 6.45) is 1.65. The van der Waals surface area contributed by atoms with E-state index in [1.807, 2.05) is 41.3 Å². The van der Waals surface area contributed by atoms with Crippen LogP contribution in [0, 0.1) is 5.92 Å². The van der Waals surface area contributed by atoms with E-state index in [0.717, 1.165) is 35.4 Å². The number of hydrogen-bond donors (Lipinski definition) is 2. The maximum absolute atomic E-state index is 12.7. The highest BCUT2D eigenvalue weighted by Gasteiger charge is 2.24. The van der Waals surface area contributed by atoms with Crippen LogP contribution in [0.1, 0.15) is 23.6 Å². The Bertz CT molecular complexity index is 896. The van der Waals surface area contributed by atoms with Gasteiger partial charge in [-0.1, -0.05) is 30.3 Å². The standard InChI is InChI=1S/C22H25N3O3/c1-15(26)24-20-7-4-6-18-13-25(10-9-19(18)20)22(27)23-12-16-11-17-5-2-3-8-21(17)28-14-16/h2-8,16H,9-14H2,1H3,(H,23,27)(H,24,26). The van der Waals surface area contributed by atoms with Gasteiger partial charge < -0.3 is 20.3 Å². The summed E-state index contributed by atoms with van der Waals surface area (Å²) in [4.78, 5) is 25.9. The van der Waals surface area contributed by atoms with E-state index in [2.05, 4.69) is 16.7 Å². The molecule has 0 aliphatic carbocycles. The van der Waals surface area contributed by atoms with E-state index in [1.54, 1.807) is 0 Å². The average Bonchev–Trinajstić information content (AvgIpc) is 2.71. The zero-order valence-corrected chi connectivity index (χ0v) is 16.0. The first kappa shape index (κ1) is 18.3. The molecule has 2 aromatic carbocycles. The topological polar surface area (TPSA) is 70.7 Å². The maximum Gasteiger partial charge on any atom is 0.317 e. The van der Waals surface area contributed by atoms with E-state index >= 15 is 0 Å². The first-order valence-corrected chi connectivity index (χ1v) is 9.72. The molecular weight excluding hydrogens is 354 g/mol. The number of para-hydroxylation sites is 1. The zero-order valence-electron chi connectivity index (χ0n) is 16.0. The maximum atomic E-state index is 12.7. The molecule has 2 aliphatic rings. The van der Waals surface area contributed by atoms with Crippen LogP contribution in [0.5, 0.6) is 5.75 Å². The summed E-state index contributed by atoms with van der Waals surface area (Å²) in [5.74, 6) is 1.15. The molecule has 0 bridgehead atoms. The molecule has 3 amide bonds. The fourth-order valence-corrected chi connectivity index (χ4v) is 3.95. The van der Waals surface area contributed by atoms with Gasteiger partial charge in [-0.25, -0.2) is 4.79 Å². The lowest BCUT2D eigenvalue weighted by Crippen LogP contribution is -2.45. The van der Waals surface area contributed by atoms with Gasteiger partial charge in [0.25, 0.3) is 0 Å². The molecule has 28 heavy (non-hydrogen) atoms. The predicted molar refractivity (Wildman–Crippen MR) is 107 cm³/mol. The second kappa shape index (κ2) is 7.92. The van der Waals surface area contributed by atoms with Crippen LogP contribution in [0.2, 0.25) is 0 Å². The number of nitrogens with one attached hydrogen (secondary N) is 2. The first-order chi connectivity index (χ1) is 13.6. The van der Waals surface area contributed by atoms with Gasteiger partial charge in [-0.15, -0.1) is 0 Å². The minimum atomic E-state index is -0.0788. The highest BCUT2D eigenvalue weighted by atomic mass is 16.5. The van der Waals surface area contributed by atoms with Crippen molar-refractivity contribution in [2.24, 2.45) is 5.92 Å². The lowest BCUT2D eigenvalue weighted by Gasteiger charge is -2.31. The van der Waals surface area contributed by atoms with Crippen molar-refractivity contribution < 1.29 is 14.3 Å². The number of carbonyl (C=O) groups excluding carboxylic acids is 2. The number of ether oxygens (including phenoxy) is 1. The first-order valence-electron chi connectivity index (χ1n) is 9.72. The van der Waals surface area contributed by atoms with Crippen LogP contribution in [-0.2, 0) is 24.2 Å². The van der Waals surface area contributed by atoms with Crippen molar-refractivity contribution in [3.8, 4) is 5.75 Å². The van der Waals surface area contributed by atoms with Crippen LogP contribution in [0.4, 0.5) is 10.5 Å². The van der Waals surface area contributed by atoms with Gasteiger partial charge in [0, 0.05) is 38.2 Å². The molecule has 0 spiro atoms. The van der Waals surface area contributed by atoms with Crippen molar-refractivity contribution >= 4 is 17.6 Å².